The molecule has 132 valence electrons. The topological polar surface area (TPSA) is 58.2 Å². The SMILES string of the molecule is CC[C@H](N[C@@H](C)C(=O)Nc1ccc(C(C)=O)cc1)c1ccc(Br)cc1. The average molecular weight is 403 g/mol. The summed E-state index contributed by atoms with van der Waals surface area (Å²) in [7, 11) is 0. The fourth-order valence-electron chi connectivity index (χ4n) is 2.56. The van der Waals surface area contributed by atoms with E-state index in [4.69, 9.17) is 0 Å². The number of halogens is 1. The number of carbonyl (C=O) groups excluding carboxylic acids is 2. The van der Waals surface area contributed by atoms with E-state index >= 15 is 0 Å². The molecule has 25 heavy (non-hydrogen) atoms. The van der Waals surface area contributed by atoms with Crippen molar-refractivity contribution in [3.05, 3.63) is 64.1 Å². The Labute approximate surface area is 157 Å². The van der Waals surface area contributed by atoms with Crippen molar-refractivity contribution in [3.8, 4) is 0 Å². The second-order valence-corrected chi connectivity index (χ2v) is 6.94. The number of amides is 1. The van der Waals surface area contributed by atoms with Crippen LogP contribution in [-0.4, -0.2) is 17.7 Å². The number of benzene rings is 2. The third kappa shape index (κ3) is 5.51. The summed E-state index contributed by atoms with van der Waals surface area (Å²) < 4.78 is 1.03. The van der Waals surface area contributed by atoms with Crippen molar-refractivity contribution in [2.45, 2.75) is 39.3 Å². The maximum absolute atomic E-state index is 12.4. The lowest BCUT2D eigenvalue weighted by molar-refractivity contribution is -0.118. The molecule has 0 spiro atoms. The number of hydrogen-bond acceptors (Lipinski definition) is 3. The van der Waals surface area contributed by atoms with Crippen molar-refractivity contribution in [2.75, 3.05) is 5.32 Å². The van der Waals surface area contributed by atoms with Gasteiger partial charge in [0, 0.05) is 21.8 Å². The lowest BCUT2D eigenvalue weighted by Crippen LogP contribution is -2.40. The maximum Gasteiger partial charge on any atom is 0.241 e. The zero-order valence-corrected chi connectivity index (χ0v) is 16.3. The standard InChI is InChI=1S/C20H23BrN2O2/c1-4-19(16-5-9-17(21)10-6-16)22-13(2)20(25)23-18-11-7-15(8-12-18)14(3)24/h5-13,19,22H,4H2,1-3H3,(H,23,25)/t13-,19-/m0/s1. The third-order valence-corrected chi connectivity index (χ3v) is 4.61. The lowest BCUT2D eigenvalue weighted by Gasteiger charge is -2.22. The molecule has 0 saturated carbocycles. The van der Waals surface area contributed by atoms with Crippen molar-refractivity contribution in [3.63, 3.8) is 0 Å². The van der Waals surface area contributed by atoms with Gasteiger partial charge in [0.15, 0.2) is 5.78 Å². The monoisotopic (exact) mass is 402 g/mol. The van der Waals surface area contributed by atoms with Crippen LogP contribution in [-0.2, 0) is 4.79 Å². The highest BCUT2D eigenvalue weighted by Crippen LogP contribution is 2.20. The summed E-state index contributed by atoms with van der Waals surface area (Å²) in [6.45, 7) is 5.46. The molecule has 0 aliphatic heterocycles. The van der Waals surface area contributed by atoms with Crippen LogP contribution in [0.3, 0.4) is 0 Å². The number of Topliss-reactive ketones (excluding diaryl/α,β-unsaturated/α-hetero) is 1. The fraction of sp³-hybridized carbons (Fsp3) is 0.300. The molecule has 0 aliphatic carbocycles. The van der Waals surface area contributed by atoms with Crippen molar-refractivity contribution in [2.24, 2.45) is 0 Å². The summed E-state index contributed by atoms with van der Waals surface area (Å²) in [6.07, 6.45) is 0.882. The molecular formula is C20H23BrN2O2. The Hall–Kier alpha value is -1.98. The molecule has 0 aliphatic rings. The van der Waals surface area contributed by atoms with E-state index < -0.39 is 0 Å². The Bertz CT molecular complexity index is 726. The van der Waals surface area contributed by atoms with Gasteiger partial charge < -0.3 is 5.32 Å². The van der Waals surface area contributed by atoms with Crippen molar-refractivity contribution in [1.29, 1.82) is 0 Å². The maximum atomic E-state index is 12.4. The van der Waals surface area contributed by atoms with Crippen LogP contribution in [0.15, 0.2) is 53.0 Å². The summed E-state index contributed by atoms with van der Waals surface area (Å²) in [5, 5.41) is 6.25. The minimum absolute atomic E-state index is 0.00759. The number of hydrogen-bond donors (Lipinski definition) is 2. The van der Waals surface area contributed by atoms with Gasteiger partial charge in [-0.25, -0.2) is 0 Å². The first kappa shape index (κ1) is 19.3. The molecule has 5 heteroatoms. The fourth-order valence-corrected chi connectivity index (χ4v) is 2.83. The Balaban J connectivity index is 1.98. The van der Waals surface area contributed by atoms with Crippen LogP contribution < -0.4 is 10.6 Å². The largest absolute Gasteiger partial charge is 0.325 e. The molecule has 4 nitrogen and oxygen atoms in total. The quantitative estimate of drug-likeness (QED) is 0.658. The zero-order valence-electron chi connectivity index (χ0n) is 14.7. The third-order valence-electron chi connectivity index (χ3n) is 4.08. The Kier molecular flexibility index (Phi) is 6.91. The Morgan fingerprint density at radius 3 is 2.16 bits per heavy atom. The van der Waals surface area contributed by atoms with Gasteiger partial charge in [0.05, 0.1) is 6.04 Å². The second-order valence-electron chi connectivity index (χ2n) is 6.02. The van der Waals surface area contributed by atoms with Crippen LogP contribution in [0.1, 0.15) is 49.2 Å². The van der Waals surface area contributed by atoms with Crippen molar-refractivity contribution < 1.29 is 9.59 Å². The highest BCUT2D eigenvalue weighted by molar-refractivity contribution is 9.10. The van der Waals surface area contributed by atoms with Gasteiger partial charge in [-0.05, 0) is 62.2 Å². The highest BCUT2D eigenvalue weighted by Gasteiger charge is 2.18. The molecule has 2 N–H and O–H groups in total. The molecule has 2 atom stereocenters. The van der Waals surface area contributed by atoms with E-state index in [1.165, 1.54) is 6.92 Å². The molecule has 2 aromatic carbocycles. The first-order valence-corrected chi connectivity index (χ1v) is 9.13. The van der Waals surface area contributed by atoms with Crippen LogP contribution in [0.2, 0.25) is 0 Å². The van der Waals surface area contributed by atoms with Gasteiger partial charge in [0.1, 0.15) is 0 Å². The van der Waals surface area contributed by atoms with Gasteiger partial charge in [-0.2, -0.15) is 0 Å². The molecule has 2 rings (SSSR count). The Morgan fingerprint density at radius 1 is 1.04 bits per heavy atom. The molecule has 1 amide bonds. The number of anilines is 1. The molecule has 0 bridgehead atoms. The summed E-state index contributed by atoms with van der Waals surface area (Å²) in [5.74, 6) is -0.0978. The van der Waals surface area contributed by atoms with E-state index in [1.807, 2.05) is 19.1 Å². The predicted octanol–water partition coefficient (Wildman–Crippen LogP) is 4.72. The van der Waals surface area contributed by atoms with E-state index in [-0.39, 0.29) is 23.8 Å². The highest BCUT2D eigenvalue weighted by atomic mass is 79.9. The van der Waals surface area contributed by atoms with Gasteiger partial charge in [-0.3, -0.25) is 14.9 Å². The van der Waals surface area contributed by atoms with Crippen LogP contribution in [0.4, 0.5) is 5.69 Å². The summed E-state index contributed by atoms with van der Waals surface area (Å²) >= 11 is 3.44. The molecule has 0 unspecified atom stereocenters. The van der Waals surface area contributed by atoms with Crippen LogP contribution >= 0.6 is 15.9 Å². The molecule has 0 heterocycles. The van der Waals surface area contributed by atoms with E-state index in [2.05, 4.69) is 45.6 Å². The summed E-state index contributed by atoms with van der Waals surface area (Å²) in [5.41, 5.74) is 2.46. The van der Waals surface area contributed by atoms with Gasteiger partial charge in [-0.15, -0.1) is 0 Å². The van der Waals surface area contributed by atoms with Gasteiger partial charge in [-0.1, -0.05) is 35.0 Å². The van der Waals surface area contributed by atoms with E-state index in [0.717, 1.165) is 16.5 Å². The van der Waals surface area contributed by atoms with E-state index in [9.17, 15) is 9.59 Å². The predicted molar refractivity (Wildman–Crippen MR) is 105 cm³/mol. The zero-order chi connectivity index (χ0) is 18.4. The Morgan fingerprint density at radius 2 is 1.64 bits per heavy atom. The minimum atomic E-state index is -0.346. The first-order valence-electron chi connectivity index (χ1n) is 8.34. The summed E-state index contributed by atoms with van der Waals surface area (Å²) in [6, 6.07) is 14.8. The number of ketones is 1. The molecule has 0 aromatic heterocycles. The van der Waals surface area contributed by atoms with Crippen LogP contribution in [0, 0.1) is 0 Å². The first-order chi connectivity index (χ1) is 11.9. The minimum Gasteiger partial charge on any atom is -0.325 e. The second kappa shape index (κ2) is 8.92. The number of carbonyl (C=O) groups is 2. The van der Waals surface area contributed by atoms with Gasteiger partial charge >= 0.3 is 0 Å². The molecular weight excluding hydrogens is 380 g/mol. The normalized spacial score (nSPS) is 13.1. The summed E-state index contributed by atoms with van der Waals surface area (Å²) in [4.78, 5) is 23.7. The van der Waals surface area contributed by atoms with Crippen LogP contribution in [0.5, 0.6) is 0 Å². The number of rotatable bonds is 7. The molecule has 0 radical (unpaired) electrons. The van der Waals surface area contributed by atoms with Crippen molar-refractivity contribution >= 4 is 33.3 Å². The van der Waals surface area contributed by atoms with Crippen molar-refractivity contribution in [1.82, 2.24) is 5.32 Å². The van der Waals surface area contributed by atoms with E-state index in [0.29, 0.717) is 11.3 Å². The number of nitrogens with one attached hydrogen (secondary N) is 2. The van der Waals surface area contributed by atoms with E-state index in [1.54, 1.807) is 24.3 Å². The molecule has 0 fully saturated rings. The van der Waals surface area contributed by atoms with Crippen LogP contribution in [0.25, 0.3) is 0 Å². The molecule has 2 aromatic rings. The van der Waals surface area contributed by atoms with Gasteiger partial charge in [0.25, 0.3) is 0 Å². The lowest BCUT2D eigenvalue weighted by atomic mass is 10.0. The van der Waals surface area contributed by atoms with Gasteiger partial charge in [0.2, 0.25) is 5.91 Å². The molecule has 0 saturated heterocycles. The average Bonchev–Trinajstić information content (AvgIpc) is 2.60. The smallest absolute Gasteiger partial charge is 0.241 e.